The highest BCUT2D eigenvalue weighted by atomic mass is 19.1. The summed E-state index contributed by atoms with van der Waals surface area (Å²) in [6.45, 7) is 3.51. The van der Waals surface area contributed by atoms with Crippen molar-refractivity contribution in [2.45, 2.75) is 13.8 Å². The van der Waals surface area contributed by atoms with E-state index >= 15 is 0 Å². The second-order valence-electron chi connectivity index (χ2n) is 6.16. The van der Waals surface area contributed by atoms with Gasteiger partial charge in [-0.2, -0.15) is 5.26 Å². The van der Waals surface area contributed by atoms with E-state index in [1.807, 2.05) is 6.07 Å². The average molecular weight is 360 g/mol. The van der Waals surface area contributed by atoms with Crippen molar-refractivity contribution in [1.29, 1.82) is 5.26 Å². The van der Waals surface area contributed by atoms with Crippen LogP contribution in [-0.4, -0.2) is 15.5 Å². The first kappa shape index (κ1) is 18.2. The van der Waals surface area contributed by atoms with Gasteiger partial charge in [0.1, 0.15) is 23.2 Å². The highest BCUT2D eigenvalue weighted by molar-refractivity contribution is 6.14. The number of hydrogen-bond donors (Lipinski definition) is 1. The molecule has 0 atom stereocenters. The number of ketones is 1. The number of benzene rings is 2. The quantitative estimate of drug-likeness (QED) is 0.416. The Morgan fingerprint density at radius 2 is 1.81 bits per heavy atom. The molecule has 0 spiro atoms. The molecule has 0 saturated heterocycles. The van der Waals surface area contributed by atoms with Crippen LogP contribution >= 0.6 is 0 Å². The average Bonchev–Trinajstić information content (AvgIpc) is 2.95. The predicted molar refractivity (Wildman–Crippen MR) is 101 cm³/mol. The van der Waals surface area contributed by atoms with E-state index in [4.69, 9.17) is 0 Å². The van der Waals surface area contributed by atoms with Crippen LogP contribution in [0.2, 0.25) is 0 Å². The third-order valence-corrected chi connectivity index (χ3v) is 4.34. The lowest BCUT2D eigenvalue weighted by Crippen LogP contribution is -2.06. The molecule has 27 heavy (non-hydrogen) atoms. The fourth-order valence-corrected chi connectivity index (χ4v) is 3.03. The summed E-state index contributed by atoms with van der Waals surface area (Å²) in [6.07, 6.45) is 1.47. The maximum Gasteiger partial charge on any atom is 0.205 e. The fraction of sp³-hybridized carbons (Fsp3) is 0.0909. The molecule has 0 radical (unpaired) electrons. The number of aromatic nitrogens is 1. The second kappa shape index (κ2) is 7.30. The Labute approximate surface area is 156 Å². The number of carbonyl (C=O) groups excluding carboxylic acids is 1. The number of aryl methyl sites for hydroxylation is 1. The number of phenols is 1. The zero-order valence-electron chi connectivity index (χ0n) is 14.9. The molecule has 3 rings (SSSR count). The summed E-state index contributed by atoms with van der Waals surface area (Å²) < 4.78 is 15.9. The van der Waals surface area contributed by atoms with Gasteiger partial charge in [-0.25, -0.2) is 4.39 Å². The van der Waals surface area contributed by atoms with E-state index in [9.17, 15) is 19.6 Å². The van der Waals surface area contributed by atoms with Crippen molar-refractivity contribution in [3.05, 3.63) is 88.5 Å². The molecule has 1 heterocycles. The Kier molecular flexibility index (Phi) is 4.91. The number of para-hydroxylation sites is 1. The third-order valence-electron chi connectivity index (χ3n) is 4.34. The van der Waals surface area contributed by atoms with E-state index < -0.39 is 11.6 Å². The number of phenolic OH excluding ortho intramolecular Hbond substituents is 1. The van der Waals surface area contributed by atoms with Crippen LogP contribution in [0, 0.1) is 31.0 Å². The third kappa shape index (κ3) is 3.51. The molecular weight excluding hydrogens is 343 g/mol. The zero-order chi connectivity index (χ0) is 19.6. The number of allylic oxidation sites excluding steroid dienone is 1. The molecule has 0 saturated carbocycles. The van der Waals surface area contributed by atoms with Crippen molar-refractivity contribution in [3.63, 3.8) is 0 Å². The largest absolute Gasteiger partial charge is 0.508 e. The first-order valence-corrected chi connectivity index (χ1v) is 8.31. The maximum atomic E-state index is 14.2. The molecule has 0 bridgehead atoms. The van der Waals surface area contributed by atoms with Gasteiger partial charge in [0.2, 0.25) is 5.78 Å². The van der Waals surface area contributed by atoms with Crippen molar-refractivity contribution in [2.75, 3.05) is 0 Å². The summed E-state index contributed by atoms with van der Waals surface area (Å²) in [5, 5.41) is 18.8. The normalized spacial score (nSPS) is 11.3. The van der Waals surface area contributed by atoms with Crippen LogP contribution in [0.15, 0.2) is 60.2 Å². The molecular formula is C22H17FN2O2. The monoisotopic (exact) mass is 360 g/mol. The van der Waals surface area contributed by atoms with Gasteiger partial charge in [-0.15, -0.1) is 0 Å². The first-order chi connectivity index (χ1) is 12.9. The van der Waals surface area contributed by atoms with Gasteiger partial charge in [-0.1, -0.05) is 24.3 Å². The molecule has 4 nitrogen and oxygen atoms in total. The molecule has 1 aromatic heterocycles. The number of halogens is 1. The lowest BCUT2D eigenvalue weighted by molar-refractivity contribution is 0.103. The van der Waals surface area contributed by atoms with E-state index in [0.717, 1.165) is 0 Å². The molecule has 2 aromatic carbocycles. The molecule has 134 valence electrons. The minimum atomic E-state index is -0.429. The summed E-state index contributed by atoms with van der Waals surface area (Å²) in [5.41, 5.74) is 2.56. The number of carbonyl (C=O) groups is 1. The Morgan fingerprint density at radius 1 is 1.15 bits per heavy atom. The molecule has 1 N–H and O–H groups in total. The number of nitriles is 1. The van der Waals surface area contributed by atoms with Crippen LogP contribution < -0.4 is 0 Å². The van der Waals surface area contributed by atoms with E-state index in [1.54, 1.807) is 54.8 Å². The van der Waals surface area contributed by atoms with Gasteiger partial charge in [-0.05, 0) is 55.8 Å². The molecule has 0 amide bonds. The molecule has 0 unspecified atom stereocenters. The van der Waals surface area contributed by atoms with Gasteiger partial charge in [0.15, 0.2) is 0 Å². The number of rotatable bonds is 4. The topological polar surface area (TPSA) is 66.0 Å². The zero-order valence-corrected chi connectivity index (χ0v) is 14.9. The predicted octanol–water partition coefficient (Wildman–Crippen LogP) is 4.73. The fourth-order valence-electron chi connectivity index (χ4n) is 3.03. The first-order valence-electron chi connectivity index (χ1n) is 8.31. The Morgan fingerprint density at radius 3 is 2.44 bits per heavy atom. The molecule has 0 fully saturated rings. The lowest BCUT2D eigenvalue weighted by atomic mass is 10.0. The van der Waals surface area contributed by atoms with Crippen molar-refractivity contribution >= 4 is 11.9 Å². The van der Waals surface area contributed by atoms with Crippen LogP contribution in [0.25, 0.3) is 11.8 Å². The van der Waals surface area contributed by atoms with E-state index in [1.165, 1.54) is 24.3 Å². The molecule has 0 aliphatic heterocycles. The van der Waals surface area contributed by atoms with Gasteiger partial charge >= 0.3 is 0 Å². The van der Waals surface area contributed by atoms with Gasteiger partial charge in [0, 0.05) is 17.0 Å². The van der Waals surface area contributed by atoms with Crippen LogP contribution in [-0.2, 0) is 0 Å². The molecule has 3 aromatic rings. The number of aromatic hydroxyl groups is 1. The molecule has 0 aliphatic carbocycles. The Bertz CT molecular complexity index is 1090. The summed E-state index contributed by atoms with van der Waals surface area (Å²) in [4.78, 5) is 12.9. The number of nitrogens with zero attached hydrogens (tertiary/aromatic N) is 2. The molecule has 5 heteroatoms. The summed E-state index contributed by atoms with van der Waals surface area (Å²) >= 11 is 0. The second-order valence-corrected chi connectivity index (χ2v) is 6.16. The van der Waals surface area contributed by atoms with Crippen molar-refractivity contribution in [3.8, 4) is 17.5 Å². The van der Waals surface area contributed by atoms with Crippen molar-refractivity contribution in [1.82, 2.24) is 4.57 Å². The van der Waals surface area contributed by atoms with E-state index in [2.05, 4.69) is 0 Å². The number of hydrogen-bond acceptors (Lipinski definition) is 3. The standard InChI is InChI=1S/C22H17FN2O2/c1-14-11-19(15(2)25(14)21-6-4-3-5-20(21)23)22(27)17(13-24)12-16-7-9-18(26)10-8-16/h3-12,26H,1-2H3/b17-12+. The SMILES string of the molecule is Cc1cc(C(=O)/C(C#N)=C/c2ccc(O)cc2)c(C)n1-c1ccccc1F. The van der Waals surface area contributed by atoms with Crippen molar-refractivity contribution in [2.24, 2.45) is 0 Å². The van der Waals surface area contributed by atoms with Gasteiger partial charge in [0.25, 0.3) is 0 Å². The number of Topliss-reactive ketones (excluding diaryl/α,β-unsaturated/α-hetero) is 1. The van der Waals surface area contributed by atoms with Gasteiger partial charge < -0.3 is 9.67 Å². The summed E-state index contributed by atoms with van der Waals surface area (Å²) in [6, 6.07) is 16.1. The highest BCUT2D eigenvalue weighted by Crippen LogP contribution is 2.25. The Balaban J connectivity index is 2.05. The minimum absolute atomic E-state index is 0.0329. The van der Waals surface area contributed by atoms with E-state index in [0.29, 0.717) is 28.2 Å². The minimum Gasteiger partial charge on any atom is -0.508 e. The van der Waals surface area contributed by atoms with Crippen LogP contribution in [0.5, 0.6) is 5.75 Å². The summed E-state index contributed by atoms with van der Waals surface area (Å²) in [7, 11) is 0. The van der Waals surface area contributed by atoms with Crippen LogP contribution in [0.3, 0.4) is 0 Å². The van der Waals surface area contributed by atoms with Crippen molar-refractivity contribution < 1.29 is 14.3 Å². The molecule has 0 aliphatic rings. The van der Waals surface area contributed by atoms with E-state index in [-0.39, 0.29) is 11.3 Å². The van der Waals surface area contributed by atoms with Crippen LogP contribution in [0.1, 0.15) is 27.3 Å². The van der Waals surface area contributed by atoms with Crippen LogP contribution in [0.4, 0.5) is 4.39 Å². The highest BCUT2D eigenvalue weighted by Gasteiger charge is 2.21. The maximum absolute atomic E-state index is 14.2. The summed E-state index contributed by atoms with van der Waals surface area (Å²) in [5.74, 6) is -0.717. The Hall–Kier alpha value is -3.65. The lowest BCUT2D eigenvalue weighted by Gasteiger charge is -2.10. The smallest absolute Gasteiger partial charge is 0.205 e. The van der Waals surface area contributed by atoms with Gasteiger partial charge in [-0.3, -0.25) is 4.79 Å². The van der Waals surface area contributed by atoms with Gasteiger partial charge in [0.05, 0.1) is 5.69 Å².